The number of pyridine rings is 1. The maximum Gasteiger partial charge on any atom is 0.296 e. The van der Waals surface area contributed by atoms with Gasteiger partial charge in [-0.3, -0.25) is 14.6 Å². The Morgan fingerprint density at radius 2 is 1.79 bits per heavy atom. The highest BCUT2D eigenvalue weighted by Gasteiger charge is 2.23. The Morgan fingerprint density at radius 3 is 2.39 bits per heavy atom. The number of hydrogen-bond donors (Lipinski definition) is 1. The summed E-state index contributed by atoms with van der Waals surface area (Å²) in [4.78, 5) is 29.6. The van der Waals surface area contributed by atoms with Crippen molar-refractivity contribution in [1.29, 1.82) is 0 Å². The lowest BCUT2D eigenvalue weighted by atomic mass is 9.99. The molecule has 0 aliphatic rings. The minimum atomic E-state index is -0.669. The van der Waals surface area contributed by atoms with Gasteiger partial charge in [0.2, 0.25) is 0 Å². The number of aryl methyl sites for hydroxylation is 3. The Bertz CT molecular complexity index is 1290. The van der Waals surface area contributed by atoms with Gasteiger partial charge in [0.1, 0.15) is 5.52 Å². The molecule has 0 saturated carbocycles. The van der Waals surface area contributed by atoms with E-state index in [1.165, 1.54) is 15.8 Å². The first-order valence-corrected chi connectivity index (χ1v) is 9.25. The first kappa shape index (κ1) is 17.9. The third kappa shape index (κ3) is 2.43. The van der Waals surface area contributed by atoms with Crippen LogP contribution in [0.25, 0.3) is 27.5 Å². The molecule has 1 aromatic carbocycles. The zero-order chi connectivity index (χ0) is 20.0. The standard InChI is InChI=1S/C21H21N5O2/c1-4-12-6-7-15-16-17(20(22)27)24-26(13-8-10-23-11-9-13)21(28)19(16)25(3)18(15)14(12)5-2/h6-11H,4-5H2,1-3H3,(H2,22,27). The van der Waals surface area contributed by atoms with Crippen LogP contribution in [-0.4, -0.2) is 25.2 Å². The van der Waals surface area contributed by atoms with E-state index >= 15 is 0 Å². The Labute approximate surface area is 161 Å². The smallest absolute Gasteiger partial charge is 0.296 e. The van der Waals surface area contributed by atoms with E-state index in [-0.39, 0.29) is 11.3 Å². The van der Waals surface area contributed by atoms with Crippen LogP contribution in [-0.2, 0) is 19.9 Å². The lowest BCUT2D eigenvalue weighted by Gasteiger charge is -2.09. The van der Waals surface area contributed by atoms with Crippen LogP contribution in [0.1, 0.15) is 35.5 Å². The zero-order valence-corrected chi connectivity index (χ0v) is 16.1. The number of fused-ring (bicyclic) bond motifs is 3. The summed E-state index contributed by atoms with van der Waals surface area (Å²) in [5.74, 6) is -0.669. The number of aromatic nitrogens is 4. The van der Waals surface area contributed by atoms with Gasteiger partial charge in [0.25, 0.3) is 11.5 Å². The van der Waals surface area contributed by atoms with Crippen molar-refractivity contribution in [3.63, 3.8) is 0 Å². The first-order chi connectivity index (χ1) is 13.5. The lowest BCUT2D eigenvalue weighted by molar-refractivity contribution is 0.0996. The maximum atomic E-state index is 13.4. The highest BCUT2D eigenvalue weighted by atomic mass is 16.1. The van der Waals surface area contributed by atoms with E-state index in [0.29, 0.717) is 16.6 Å². The van der Waals surface area contributed by atoms with E-state index in [1.54, 1.807) is 24.5 Å². The Morgan fingerprint density at radius 1 is 1.07 bits per heavy atom. The number of nitrogens with two attached hydrogens (primary N) is 1. The molecular weight excluding hydrogens is 354 g/mol. The molecule has 0 aliphatic heterocycles. The van der Waals surface area contributed by atoms with Crippen LogP contribution in [0.15, 0.2) is 41.5 Å². The van der Waals surface area contributed by atoms with Gasteiger partial charge in [-0.15, -0.1) is 0 Å². The van der Waals surface area contributed by atoms with E-state index in [2.05, 4.69) is 30.0 Å². The van der Waals surface area contributed by atoms with Gasteiger partial charge in [-0.25, -0.2) is 0 Å². The van der Waals surface area contributed by atoms with Crippen molar-refractivity contribution in [3.8, 4) is 5.69 Å². The van der Waals surface area contributed by atoms with Crippen molar-refractivity contribution >= 4 is 27.7 Å². The second-order valence-corrected chi connectivity index (χ2v) is 6.72. The molecule has 28 heavy (non-hydrogen) atoms. The van der Waals surface area contributed by atoms with Gasteiger partial charge in [0.05, 0.1) is 11.2 Å². The summed E-state index contributed by atoms with van der Waals surface area (Å²) in [5, 5.41) is 5.66. The molecule has 0 fully saturated rings. The molecule has 0 unspecified atom stereocenters. The third-order valence-corrected chi connectivity index (χ3v) is 5.26. The molecule has 4 rings (SSSR count). The summed E-state index contributed by atoms with van der Waals surface area (Å²) in [5.41, 5.74) is 9.74. The zero-order valence-electron chi connectivity index (χ0n) is 16.1. The molecule has 2 N–H and O–H groups in total. The molecule has 1 amide bonds. The monoisotopic (exact) mass is 375 g/mol. The molecule has 7 heteroatoms. The van der Waals surface area contributed by atoms with Gasteiger partial charge in [-0.05, 0) is 36.1 Å². The van der Waals surface area contributed by atoms with Gasteiger partial charge in [0, 0.05) is 30.2 Å². The van der Waals surface area contributed by atoms with Gasteiger partial charge in [-0.2, -0.15) is 9.78 Å². The Hall–Kier alpha value is -3.48. The molecule has 3 aromatic heterocycles. The van der Waals surface area contributed by atoms with Crippen molar-refractivity contribution in [3.05, 3.63) is 63.8 Å². The quantitative estimate of drug-likeness (QED) is 0.593. The van der Waals surface area contributed by atoms with Gasteiger partial charge in [0.15, 0.2) is 5.69 Å². The number of hydrogen-bond acceptors (Lipinski definition) is 4. The van der Waals surface area contributed by atoms with Crippen LogP contribution in [0.2, 0.25) is 0 Å². The summed E-state index contributed by atoms with van der Waals surface area (Å²) in [6.07, 6.45) is 4.86. The highest BCUT2D eigenvalue weighted by molar-refractivity contribution is 6.17. The second-order valence-electron chi connectivity index (χ2n) is 6.72. The normalized spacial score (nSPS) is 11.4. The minimum absolute atomic E-state index is 0.0864. The first-order valence-electron chi connectivity index (χ1n) is 9.25. The predicted octanol–water partition coefficient (Wildman–Crippen LogP) is 2.50. The molecule has 142 valence electrons. The van der Waals surface area contributed by atoms with Crippen LogP contribution >= 0.6 is 0 Å². The fourth-order valence-electron chi connectivity index (χ4n) is 4.01. The molecule has 0 aliphatic carbocycles. The lowest BCUT2D eigenvalue weighted by Crippen LogP contribution is -2.27. The molecule has 0 radical (unpaired) electrons. The van der Waals surface area contributed by atoms with Crippen LogP contribution < -0.4 is 11.3 Å². The number of carbonyl (C=O) groups is 1. The van der Waals surface area contributed by atoms with Crippen LogP contribution in [0, 0.1) is 0 Å². The summed E-state index contributed by atoms with van der Waals surface area (Å²) in [7, 11) is 1.85. The van der Waals surface area contributed by atoms with Crippen LogP contribution in [0.4, 0.5) is 0 Å². The molecule has 4 aromatic rings. The van der Waals surface area contributed by atoms with Crippen LogP contribution in [0.3, 0.4) is 0 Å². The molecule has 0 atom stereocenters. The van der Waals surface area contributed by atoms with E-state index in [0.717, 1.165) is 23.7 Å². The molecular formula is C21H21N5O2. The largest absolute Gasteiger partial charge is 0.364 e. The number of carbonyl (C=O) groups excluding carboxylic acids is 1. The number of rotatable bonds is 4. The average molecular weight is 375 g/mol. The van der Waals surface area contributed by atoms with Crippen LogP contribution in [0.5, 0.6) is 0 Å². The minimum Gasteiger partial charge on any atom is -0.364 e. The Kier molecular flexibility index (Phi) is 4.22. The third-order valence-electron chi connectivity index (χ3n) is 5.26. The molecule has 7 nitrogen and oxygen atoms in total. The fourth-order valence-corrected chi connectivity index (χ4v) is 4.01. The molecule has 0 bridgehead atoms. The molecule has 0 spiro atoms. The van der Waals surface area contributed by atoms with Crippen molar-refractivity contribution in [1.82, 2.24) is 19.3 Å². The summed E-state index contributed by atoms with van der Waals surface area (Å²) >= 11 is 0. The second kappa shape index (κ2) is 6.60. The van der Waals surface area contributed by atoms with E-state index in [4.69, 9.17) is 5.73 Å². The van der Waals surface area contributed by atoms with Crippen molar-refractivity contribution < 1.29 is 4.79 Å². The van der Waals surface area contributed by atoms with Crippen molar-refractivity contribution in [2.75, 3.05) is 0 Å². The number of nitrogens with zero attached hydrogens (tertiary/aromatic N) is 4. The summed E-state index contributed by atoms with van der Waals surface area (Å²) in [6, 6.07) is 7.35. The molecule has 0 saturated heterocycles. The fraction of sp³-hybridized carbons (Fsp3) is 0.238. The topological polar surface area (TPSA) is 95.8 Å². The Balaban J connectivity index is 2.26. The van der Waals surface area contributed by atoms with Gasteiger partial charge in [-0.1, -0.05) is 26.0 Å². The number of primary amides is 1. The highest BCUT2D eigenvalue weighted by Crippen LogP contribution is 2.32. The SMILES string of the molecule is CCc1ccc2c3c(C(N)=O)nn(-c4ccncc4)c(=O)c3n(C)c2c1CC. The van der Waals surface area contributed by atoms with Gasteiger partial charge >= 0.3 is 0 Å². The predicted molar refractivity (Wildman–Crippen MR) is 109 cm³/mol. The van der Waals surface area contributed by atoms with Gasteiger partial charge < -0.3 is 10.3 Å². The van der Waals surface area contributed by atoms with E-state index in [9.17, 15) is 9.59 Å². The van der Waals surface area contributed by atoms with Crippen molar-refractivity contribution in [2.45, 2.75) is 26.7 Å². The van der Waals surface area contributed by atoms with E-state index < -0.39 is 5.91 Å². The van der Waals surface area contributed by atoms with Crippen molar-refractivity contribution in [2.24, 2.45) is 12.8 Å². The summed E-state index contributed by atoms with van der Waals surface area (Å²) < 4.78 is 3.09. The molecule has 3 heterocycles. The average Bonchev–Trinajstić information content (AvgIpc) is 3.01. The number of benzene rings is 1. The maximum absolute atomic E-state index is 13.4. The summed E-state index contributed by atoms with van der Waals surface area (Å²) in [6.45, 7) is 4.20. The van der Waals surface area contributed by atoms with E-state index in [1.807, 2.05) is 17.7 Å². The number of amides is 1.